The zero-order chi connectivity index (χ0) is 17.2. The van der Waals surface area contributed by atoms with Gasteiger partial charge >= 0.3 is 0 Å². The molecule has 0 unspecified atom stereocenters. The number of aromatic nitrogens is 1. The molecule has 1 aliphatic heterocycles. The summed E-state index contributed by atoms with van der Waals surface area (Å²) in [6.07, 6.45) is 3.06. The summed E-state index contributed by atoms with van der Waals surface area (Å²) < 4.78 is 5.90. The Morgan fingerprint density at radius 2 is 2.00 bits per heavy atom. The van der Waals surface area contributed by atoms with Gasteiger partial charge in [0.2, 0.25) is 11.8 Å². The van der Waals surface area contributed by atoms with E-state index in [9.17, 15) is 4.79 Å². The summed E-state index contributed by atoms with van der Waals surface area (Å²) in [7, 11) is 0. The lowest BCUT2D eigenvalue weighted by Gasteiger charge is -2.19. The standard InChI is InChI=1S/C20H19N3O2/c1-13(20-21-12-18(25-20)14-5-3-2-4-6-14)22-16-8-9-17-15(11-16)7-10-19(24)23-17/h2-6,8-9,11-13,22H,7,10H2,1H3,(H,23,24)/t13-/m1/s1. The molecule has 0 fully saturated rings. The van der Waals surface area contributed by atoms with E-state index in [-0.39, 0.29) is 11.9 Å². The second-order valence-corrected chi connectivity index (χ2v) is 6.21. The quantitative estimate of drug-likeness (QED) is 0.742. The van der Waals surface area contributed by atoms with Gasteiger partial charge < -0.3 is 15.1 Å². The molecular formula is C20H19N3O2. The number of hydrogen-bond donors (Lipinski definition) is 2. The van der Waals surface area contributed by atoms with E-state index in [0.717, 1.165) is 34.7 Å². The van der Waals surface area contributed by atoms with Crippen molar-refractivity contribution < 1.29 is 9.21 Å². The van der Waals surface area contributed by atoms with Crippen molar-refractivity contribution in [3.63, 3.8) is 0 Å². The van der Waals surface area contributed by atoms with Crippen LogP contribution >= 0.6 is 0 Å². The minimum Gasteiger partial charge on any atom is -0.438 e. The van der Waals surface area contributed by atoms with Gasteiger partial charge in [0.05, 0.1) is 6.20 Å². The monoisotopic (exact) mass is 333 g/mol. The number of amides is 1. The van der Waals surface area contributed by atoms with Crippen molar-refractivity contribution in [3.05, 3.63) is 66.2 Å². The van der Waals surface area contributed by atoms with Crippen LogP contribution in [0.3, 0.4) is 0 Å². The highest BCUT2D eigenvalue weighted by Gasteiger charge is 2.17. The fourth-order valence-corrected chi connectivity index (χ4v) is 3.01. The maximum absolute atomic E-state index is 11.4. The Labute approximate surface area is 146 Å². The van der Waals surface area contributed by atoms with Crippen molar-refractivity contribution in [1.82, 2.24) is 4.98 Å². The highest BCUT2D eigenvalue weighted by atomic mass is 16.4. The second-order valence-electron chi connectivity index (χ2n) is 6.21. The molecule has 4 rings (SSSR count). The third kappa shape index (κ3) is 3.26. The van der Waals surface area contributed by atoms with Crippen molar-refractivity contribution >= 4 is 17.3 Å². The van der Waals surface area contributed by atoms with E-state index in [1.807, 2.05) is 49.4 Å². The minimum absolute atomic E-state index is 0.0614. The maximum Gasteiger partial charge on any atom is 0.224 e. The summed E-state index contributed by atoms with van der Waals surface area (Å²) in [4.78, 5) is 15.8. The zero-order valence-electron chi connectivity index (χ0n) is 14.0. The number of oxazole rings is 1. The lowest BCUT2D eigenvalue weighted by molar-refractivity contribution is -0.116. The highest BCUT2D eigenvalue weighted by Crippen LogP contribution is 2.29. The van der Waals surface area contributed by atoms with Gasteiger partial charge in [-0.1, -0.05) is 30.3 Å². The summed E-state index contributed by atoms with van der Waals surface area (Å²) in [6.45, 7) is 2.02. The first-order valence-electron chi connectivity index (χ1n) is 8.39. The van der Waals surface area contributed by atoms with Crippen molar-refractivity contribution in [2.75, 3.05) is 10.6 Å². The van der Waals surface area contributed by atoms with Crippen LogP contribution in [0.5, 0.6) is 0 Å². The number of aryl methyl sites for hydroxylation is 1. The van der Waals surface area contributed by atoms with Crippen LogP contribution in [-0.4, -0.2) is 10.9 Å². The van der Waals surface area contributed by atoms with Crippen LogP contribution < -0.4 is 10.6 Å². The SMILES string of the molecule is C[C@@H](Nc1ccc2c(c1)CCC(=O)N2)c1ncc(-c2ccccc2)o1. The van der Waals surface area contributed by atoms with Crippen LogP contribution in [0.25, 0.3) is 11.3 Å². The topological polar surface area (TPSA) is 67.2 Å². The molecule has 0 saturated carbocycles. The van der Waals surface area contributed by atoms with E-state index in [0.29, 0.717) is 12.3 Å². The molecule has 5 nitrogen and oxygen atoms in total. The Balaban J connectivity index is 1.50. The van der Waals surface area contributed by atoms with Gasteiger partial charge in [-0.2, -0.15) is 0 Å². The van der Waals surface area contributed by atoms with Gasteiger partial charge in [0.1, 0.15) is 6.04 Å². The van der Waals surface area contributed by atoms with Gasteiger partial charge in [-0.3, -0.25) is 4.79 Å². The molecule has 0 radical (unpaired) electrons. The molecule has 2 N–H and O–H groups in total. The molecule has 2 heterocycles. The van der Waals surface area contributed by atoms with E-state index < -0.39 is 0 Å². The van der Waals surface area contributed by atoms with E-state index in [1.165, 1.54) is 0 Å². The number of anilines is 2. The lowest BCUT2D eigenvalue weighted by atomic mass is 10.0. The Morgan fingerprint density at radius 3 is 2.84 bits per heavy atom. The van der Waals surface area contributed by atoms with Crippen LogP contribution in [0.1, 0.15) is 30.8 Å². The van der Waals surface area contributed by atoms with Crippen LogP contribution in [0.4, 0.5) is 11.4 Å². The van der Waals surface area contributed by atoms with E-state index in [2.05, 4.69) is 21.7 Å². The van der Waals surface area contributed by atoms with E-state index in [4.69, 9.17) is 4.42 Å². The molecule has 126 valence electrons. The average molecular weight is 333 g/mol. The smallest absolute Gasteiger partial charge is 0.224 e. The summed E-state index contributed by atoms with van der Waals surface area (Å²) in [5, 5.41) is 6.31. The Kier molecular flexibility index (Phi) is 3.98. The Morgan fingerprint density at radius 1 is 1.16 bits per heavy atom. The number of nitrogens with one attached hydrogen (secondary N) is 2. The fourth-order valence-electron chi connectivity index (χ4n) is 3.01. The first kappa shape index (κ1) is 15.4. The number of benzene rings is 2. The first-order valence-corrected chi connectivity index (χ1v) is 8.39. The van der Waals surface area contributed by atoms with Crippen molar-refractivity contribution in [1.29, 1.82) is 0 Å². The molecular weight excluding hydrogens is 314 g/mol. The molecule has 5 heteroatoms. The van der Waals surface area contributed by atoms with Gasteiger partial charge in [-0.05, 0) is 37.1 Å². The zero-order valence-corrected chi connectivity index (χ0v) is 14.0. The average Bonchev–Trinajstić information content (AvgIpc) is 3.13. The molecule has 2 aromatic carbocycles. The van der Waals surface area contributed by atoms with Crippen LogP contribution in [-0.2, 0) is 11.2 Å². The predicted molar refractivity (Wildman–Crippen MR) is 97.4 cm³/mol. The van der Waals surface area contributed by atoms with Gasteiger partial charge in [-0.15, -0.1) is 0 Å². The van der Waals surface area contributed by atoms with Gasteiger partial charge in [-0.25, -0.2) is 4.98 Å². The van der Waals surface area contributed by atoms with Gasteiger partial charge in [0.15, 0.2) is 5.76 Å². The largest absolute Gasteiger partial charge is 0.438 e. The Bertz CT molecular complexity index is 902. The Hall–Kier alpha value is -3.08. The first-order chi connectivity index (χ1) is 12.2. The number of carbonyl (C=O) groups is 1. The molecule has 1 aromatic heterocycles. The van der Waals surface area contributed by atoms with Crippen LogP contribution in [0.2, 0.25) is 0 Å². The predicted octanol–water partition coefficient (Wildman–Crippen LogP) is 4.40. The third-order valence-electron chi connectivity index (χ3n) is 4.34. The molecule has 3 aromatic rings. The highest BCUT2D eigenvalue weighted by molar-refractivity contribution is 5.94. The normalized spacial score (nSPS) is 14.5. The molecule has 25 heavy (non-hydrogen) atoms. The van der Waals surface area contributed by atoms with E-state index >= 15 is 0 Å². The lowest BCUT2D eigenvalue weighted by Crippen LogP contribution is -2.19. The van der Waals surface area contributed by atoms with E-state index in [1.54, 1.807) is 6.20 Å². The van der Waals surface area contributed by atoms with Crippen molar-refractivity contribution in [2.45, 2.75) is 25.8 Å². The maximum atomic E-state index is 11.4. The number of carbonyl (C=O) groups excluding carboxylic acids is 1. The molecule has 0 bridgehead atoms. The fraction of sp³-hybridized carbons (Fsp3) is 0.200. The number of fused-ring (bicyclic) bond motifs is 1. The molecule has 0 saturated heterocycles. The van der Waals surface area contributed by atoms with Gasteiger partial charge in [0, 0.05) is 23.4 Å². The minimum atomic E-state index is -0.0614. The summed E-state index contributed by atoms with van der Waals surface area (Å²) in [6, 6.07) is 15.8. The summed E-state index contributed by atoms with van der Waals surface area (Å²) >= 11 is 0. The summed E-state index contributed by atoms with van der Waals surface area (Å²) in [5.41, 5.74) is 4.05. The van der Waals surface area contributed by atoms with Crippen LogP contribution in [0, 0.1) is 0 Å². The van der Waals surface area contributed by atoms with Crippen molar-refractivity contribution in [2.24, 2.45) is 0 Å². The third-order valence-corrected chi connectivity index (χ3v) is 4.34. The number of hydrogen-bond acceptors (Lipinski definition) is 4. The number of rotatable bonds is 4. The molecule has 1 atom stereocenters. The second kappa shape index (κ2) is 6.43. The number of nitrogens with zero attached hydrogens (tertiary/aromatic N) is 1. The van der Waals surface area contributed by atoms with Crippen LogP contribution in [0.15, 0.2) is 59.1 Å². The molecule has 1 amide bonds. The van der Waals surface area contributed by atoms with Crippen molar-refractivity contribution in [3.8, 4) is 11.3 Å². The summed E-state index contributed by atoms with van der Waals surface area (Å²) in [5.74, 6) is 1.48. The molecule has 0 spiro atoms. The molecule has 1 aliphatic rings. The van der Waals surface area contributed by atoms with Gasteiger partial charge in [0.25, 0.3) is 0 Å². The molecule has 0 aliphatic carbocycles.